The van der Waals surface area contributed by atoms with E-state index in [0.29, 0.717) is 17.4 Å². The number of carbonyl (C=O) groups excluding carboxylic acids is 2. The minimum atomic E-state index is -0.0472. The molecule has 0 radical (unpaired) electrons. The van der Waals surface area contributed by atoms with Gasteiger partial charge in [0.15, 0.2) is 0 Å². The van der Waals surface area contributed by atoms with E-state index in [2.05, 4.69) is 29.0 Å². The van der Waals surface area contributed by atoms with Crippen molar-refractivity contribution in [1.82, 2.24) is 5.32 Å². The molecule has 2 aromatic rings. The van der Waals surface area contributed by atoms with Crippen molar-refractivity contribution in [2.75, 3.05) is 5.32 Å². The van der Waals surface area contributed by atoms with Crippen LogP contribution in [0.4, 0.5) is 5.69 Å². The molecule has 2 saturated carbocycles. The zero-order chi connectivity index (χ0) is 18.8. The van der Waals surface area contributed by atoms with Gasteiger partial charge in [0, 0.05) is 22.0 Å². The van der Waals surface area contributed by atoms with Crippen molar-refractivity contribution in [2.45, 2.75) is 45.1 Å². The van der Waals surface area contributed by atoms with Gasteiger partial charge in [-0.1, -0.05) is 25.8 Å². The number of anilines is 1. The van der Waals surface area contributed by atoms with Crippen LogP contribution in [0.5, 0.6) is 0 Å². The van der Waals surface area contributed by atoms with Gasteiger partial charge in [-0.05, 0) is 66.8 Å². The summed E-state index contributed by atoms with van der Waals surface area (Å²) < 4.78 is 0. The Morgan fingerprint density at radius 2 is 1.81 bits per heavy atom. The second-order valence-corrected chi connectivity index (χ2v) is 8.88. The number of hydrogen-bond acceptors (Lipinski definition) is 3. The number of thiophene rings is 1. The Bertz CT molecular complexity index is 794. The largest absolute Gasteiger partial charge is 0.344 e. The molecule has 1 heterocycles. The molecule has 1 aromatic heterocycles. The van der Waals surface area contributed by atoms with Gasteiger partial charge in [0.1, 0.15) is 0 Å². The normalized spacial score (nSPS) is 23.0. The minimum Gasteiger partial charge on any atom is -0.344 e. The Hall–Kier alpha value is -2.14. The molecule has 0 saturated heterocycles. The predicted octanol–water partition coefficient (Wildman–Crippen LogP) is 5.00. The van der Waals surface area contributed by atoms with E-state index in [1.54, 1.807) is 23.5 Å². The van der Waals surface area contributed by atoms with Crippen molar-refractivity contribution in [3.05, 3.63) is 52.2 Å². The summed E-state index contributed by atoms with van der Waals surface area (Å²) in [7, 11) is 0. The van der Waals surface area contributed by atoms with Crippen LogP contribution in [-0.4, -0.2) is 11.8 Å². The van der Waals surface area contributed by atoms with Gasteiger partial charge < -0.3 is 10.6 Å². The zero-order valence-electron chi connectivity index (χ0n) is 15.6. The summed E-state index contributed by atoms with van der Waals surface area (Å²) in [4.78, 5) is 26.1. The zero-order valence-corrected chi connectivity index (χ0v) is 16.4. The Kier molecular flexibility index (Phi) is 5.30. The number of carbonyl (C=O) groups is 2. The highest BCUT2D eigenvalue weighted by atomic mass is 32.1. The van der Waals surface area contributed by atoms with E-state index >= 15 is 0 Å². The average Bonchev–Trinajstić information content (AvgIpc) is 3.12. The maximum absolute atomic E-state index is 12.8. The van der Waals surface area contributed by atoms with Gasteiger partial charge in [-0.3, -0.25) is 9.59 Å². The predicted molar refractivity (Wildman–Crippen MR) is 109 cm³/mol. The lowest BCUT2D eigenvalue weighted by molar-refractivity contribution is -0.117. The lowest BCUT2D eigenvalue weighted by Gasteiger charge is -2.24. The Labute approximate surface area is 164 Å². The van der Waals surface area contributed by atoms with E-state index in [9.17, 15) is 9.59 Å². The highest BCUT2D eigenvalue weighted by Crippen LogP contribution is 2.39. The molecule has 0 spiro atoms. The monoisotopic (exact) mass is 382 g/mol. The topological polar surface area (TPSA) is 58.2 Å². The van der Waals surface area contributed by atoms with Gasteiger partial charge in [0.05, 0.1) is 6.04 Å². The highest BCUT2D eigenvalue weighted by molar-refractivity contribution is 7.10. The summed E-state index contributed by atoms with van der Waals surface area (Å²) in [5, 5.41) is 8.27. The third-order valence-corrected chi connectivity index (χ3v) is 6.82. The SMILES string of the molecule is CC1CC1C(=O)Nc1ccc(C(=O)NC(c2cccs2)C2CCCC2)cc1. The first-order valence-corrected chi connectivity index (χ1v) is 10.7. The maximum Gasteiger partial charge on any atom is 0.251 e. The fourth-order valence-electron chi connectivity index (χ4n) is 4.03. The standard InChI is InChI=1S/C22H26N2O2S/c1-14-13-18(14)22(26)23-17-10-8-16(9-11-17)21(25)24-20(15-5-2-3-6-15)19-7-4-12-27-19/h4,7-12,14-15,18,20H,2-3,5-6,13H2,1H3,(H,23,26)(H,24,25). The second kappa shape index (κ2) is 7.85. The molecule has 0 bridgehead atoms. The van der Waals surface area contributed by atoms with Gasteiger partial charge in [0.25, 0.3) is 5.91 Å². The highest BCUT2D eigenvalue weighted by Gasteiger charge is 2.39. The lowest BCUT2D eigenvalue weighted by atomic mass is 9.96. The van der Waals surface area contributed by atoms with Crippen LogP contribution in [0.3, 0.4) is 0 Å². The summed E-state index contributed by atoms with van der Waals surface area (Å²) >= 11 is 1.71. The van der Waals surface area contributed by atoms with E-state index in [0.717, 1.165) is 12.1 Å². The molecule has 2 aliphatic rings. The van der Waals surface area contributed by atoms with Crippen LogP contribution in [0.2, 0.25) is 0 Å². The van der Waals surface area contributed by atoms with Crippen molar-refractivity contribution < 1.29 is 9.59 Å². The summed E-state index contributed by atoms with van der Waals surface area (Å²) in [6.45, 7) is 2.09. The molecule has 4 rings (SSSR count). The molecule has 27 heavy (non-hydrogen) atoms. The van der Waals surface area contributed by atoms with Gasteiger partial charge >= 0.3 is 0 Å². The van der Waals surface area contributed by atoms with Crippen molar-refractivity contribution >= 4 is 28.8 Å². The van der Waals surface area contributed by atoms with Crippen LogP contribution in [0.1, 0.15) is 60.3 Å². The number of nitrogens with one attached hydrogen (secondary N) is 2. The Morgan fingerprint density at radius 1 is 1.11 bits per heavy atom. The Balaban J connectivity index is 1.41. The number of hydrogen-bond donors (Lipinski definition) is 2. The molecule has 2 N–H and O–H groups in total. The molecule has 0 aliphatic heterocycles. The smallest absolute Gasteiger partial charge is 0.251 e. The summed E-state index contributed by atoms with van der Waals surface area (Å²) in [6, 6.07) is 11.5. The third kappa shape index (κ3) is 4.24. The molecule has 5 heteroatoms. The van der Waals surface area contributed by atoms with Crippen molar-refractivity contribution in [2.24, 2.45) is 17.8 Å². The Morgan fingerprint density at radius 3 is 2.41 bits per heavy atom. The van der Waals surface area contributed by atoms with Gasteiger partial charge in [0.2, 0.25) is 5.91 Å². The van der Waals surface area contributed by atoms with E-state index < -0.39 is 0 Å². The van der Waals surface area contributed by atoms with Crippen LogP contribution in [0.15, 0.2) is 41.8 Å². The molecule has 3 unspecified atom stereocenters. The number of rotatable bonds is 6. The van der Waals surface area contributed by atoms with Gasteiger partial charge in [-0.25, -0.2) is 0 Å². The van der Waals surface area contributed by atoms with E-state index in [-0.39, 0.29) is 23.8 Å². The lowest BCUT2D eigenvalue weighted by Crippen LogP contribution is -2.32. The van der Waals surface area contributed by atoms with Gasteiger partial charge in [-0.2, -0.15) is 0 Å². The summed E-state index contributed by atoms with van der Waals surface area (Å²) in [5.41, 5.74) is 1.38. The molecule has 3 atom stereocenters. The van der Waals surface area contributed by atoms with Crippen LogP contribution < -0.4 is 10.6 Å². The van der Waals surface area contributed by atoms with Crippen LogP contribution >= 0.6 is 11.3 Å². The third-order valence-electron chi connectivity index (χ3n) is 5.87. The van der Waals surface area contributed by atoms with Crippen molar-refractivity contribution in [1.29, 1.82) is 0 Å². The van der Waals surface area contributed by atoms with Gasteiger partial charge in [-0.15, -0.1) is 11.3 Å². The average molecular weight is 383 g/mol. The van der Waals surface area contributed by atoms with Crippen LogP contribution in [0, 0.1) is 17.8 Å². The molecular formula is C22H26N2O2S. The molecular weight excluding hydrogens is 356 g/mol. The van der Waals surface area contributed by atoms with Crippen molar-refractivity contribution in [3.63, 3.8) is 0 Å². The molecule has 142 valence electrons. The fourth-order valence-corrected chi connectivity index (χ4v) is 4.90. The summed E-state index contributed by atoms with van der Waals surface area (Å²) in [6.07, 6.45) is 5.81. The minimum absolute atomic E-state index is 0.0472. The second-order valence-electron chi connectivity index (χ2n) is 7.90. The maximum atomic E-state index is 12.8. The van der Waals surface area contributed by atoms with E-state index in [4.69, 9.17) is 0 Å². The molecule has 2 fully saturated rings. The molecule has 2 amide bonds. The number of benzene rings is 1. The van der Waals surface area contributed by atoms with Crippen molar-refractivity contribution in [3.8, 4) is 0 Å². The first-order valence-electron chi connectivity index (χ1n) is 9.87. The first-order chi connectivity index (χ1) is 13.1. The molecule has 1 aromatic carbocycles. The van der Waals surface area contributed by atoms with E-state index in [1.165, 1.54) is 30.6 Å². The van der Waals surface area contributed by atoms with E-state index in [1.807, 2.05) is 18.2 Å². The number of amides is 2. The summed E-state index contributed by atoms with van der Waals surface area (Å²) in [5.74, 6) is 1.19. The van der Waals surface area contributed by atoms with Crippen LogP contribution in [0.25, 0.3) is 0 Å². The molecule has 4 nitrogen and oxygen atoms in total. The molecule has 2 aliphatic carbocycles. The quantitative estimate of drug-likeness (QED) is 0.738. The fraction of sp³-hybridized carbons (Fsp3) is 0.455. The van der Waals surface area contributed by atoms with Crippen LogP contribution in [-0.2, 0) is 4.79 Å². The first kappa shape index (κ1) is 18.2.